The second-order valence-corrected chi connectivity index (χ2v) is 8.05. The van der Waals surface area contributed by atoms with Crippen LogP contribution in [0.15, 0.2) is 47.1 Å². The van der Waals surface area contributed by atoms with Gasteiger partial charge in [0.1, 0.15) is 5.75 Å². The van der Waals surface area contributed by atoms with E-state index in [2.05, 4.69) is 0 Å². The van der Waals surface area contributed by atoms with Crippen LogP contribution >= 0.6 is 0 Å². The Bertz CT molecular complexity index is 813. The first-order chi connectivity index (χ1) is 11.5. The van der Waals surface area contributed by atoms with Gasteiger partial charge >= 0.3 is 0 Å². The number of hydrogen-bond donors (Lipinski definition) is 0. The molecule has 3 rings (SSSR count). The Labute approximate surface area is 140 Å². The van der Waals surface area contributed by atoms with E-state index >= 15 is 0 Å². The van der Waals surface area contributed by atoms with Crippen LogP contribution in [0.5, 0.6) is 5.75 Å². The highest BCUT2D eigenvalue weighted by molar-refractivity contribution is 7.91. The Morgan fingerprint density at radius 1 is 1.33 bits per heavy atom. The van der Waals surface area contributed by atoms with E-state index in [9.17, 15) is 13.2 Å². The average Bonchev–Trinajstić information content (AvgIpc) is 3.21. The predicted molar refractivity (Wildman–Crippen MR) is 88.6 cm³/mol. The SMILES string of the molecule is COc1cccc(CN(C(=O)c2ccco2)[C@H]2CCS(=O)(=O)C2)c1. The lowest BCUT2D eigenvalue weighted by molar-refractivity contribution is 0.0648. The number of amides is 1. The lowest BCUT2D eigenvalue weighted by Gasteiger charge is -2.27. The van der Waals surface area contributed by atoms with Crippen LogP contribution < -0.4 is 4.74 Å². The first kappa shape index (κ1) is 16.6. The molecule has 7 heteroatoms. The van der Waals surface area contributed by atoms with E-state index in [4.69, 9.17) is 9.15 Å². The van der Waals surface area contributed by atoms with Crippen LogP contribution in [0.3, 0.4) is 0 Å². The molecule has 0 aliphatic carbocycles. The molecule has 24 heavy (non-hydrogen) atoms. The Hall–Kier alpha value is -2.28. The summed E-state index contributed by atoms with van der Waals surface area (Å²) in [5.74, 6) is 0.699. The van der Waals surface area contributed by atoms with Crippen LogP contribution in [0, 0.1) is 0 Å². The fraction of sp³-hybridized carbons (Fsp3) is 0.353. The molecule has 1 aromatic carbocycles. The van der Waals surface area contributed by atoms with Gasteiger partial charge in [-0.1, -0.05) is 12.1 Å². The van der Waals surface area contributed by atoms with E-state index in [1.54, 1.807) is 24.1 Å². The number of rotatable bonds is 5. The maximum Gasteiger partial charge on any atom is 0.290 e. The van der Waals surface area contributed by atoms with Crippen molar-refractivity contribution in [2.75, 3.05) is 18.6 Å². The monoisotopic (exact) mass is 349 g/mol. The van der Waals surface area contributed by atoms with Crippen molar-refractivity contribution >= 4 is 15.7 Å². The molecule has 0 saturated carbocycles. The molecule has 1 amide bonds. The lowest BCUT2D eigenvalue weighted by Crippen LogP contribution is -2.40. The van der Waals surface area contributed by atoms with Crippen LogP contribution in [-0.4, -0.2) is 43.9 Å². The van der Waals surface area contributed by atoms with Gasteiger partial charge in [-0.25, -0.2) is 8.42 Å². The van der Waals surface area contributed by atoms with Gasteiger partial charge in [-0.3, -0.25) is 4.79 Å². The van der Waals surface area contributed by atoms with Crippen molar-refractivity contribution in [3.05, 3.63) is 54.0 Å². The Kier molecular flexibility index (Phi) is 4.62. The van der Waals surface area contributed by atoms with Crippen LogP contribution in [0.4, 0.5) is 0 Å². The van der Waals surface area contributed by atoms with Gasteiger partial charge in [-0.15, -0.1) is 0 Å². The molecule has 6 nitrogen and oxygen atoms in total. The molecule has 2 aromatic rings. The summed E-state index contributed by atoms with van der Waals surface area (Å²) in [5, 5.41) is 0. The average molecular weight is 349 g/mol. The van der Waals surface area contributed by atoms with Gasteiger partial charge in [-0.2, -0.15) is 0 Å². The number of nitrogens with zero attached hydrogens (tertiary/aromatic N) is 1. The maximum atomic E-state index is 12.8. The molecule has 1 saturated heterocycles. The van der Waals surface area contributed by atoms with Crippen molar-refractivity contribution in [1.82, 2.24) is 4.90 Å². The number of methoxy groups -OCH3 is 1. The molecule has 0 radical (unpaired) electrons. The van der Waals surface area contributed by atoms with E-state index in [1.807, 2.05) is 24.3 Å². The first-order valence-electron chi connectivity index (χ1n) is 7.66. The summed E-state index contributed by atoms with van der Waals surface area (Å²) in [5.41, 5.74) is 0.874. The molecular weight excluding hydrogens is 330 g/mol. The Balaban J connectivity index is 1.88. The number of furan rings is 1. The molecule has 2 heterocycles. The lowest BCUT2D eigenvalue weighted by atomic mass is 10.1. The van der Waals surface area contributed by atoms with Crippen LogP contribution in [0.25, 0.3) is 0 Å². The molecule has 1 atom stereocenters. The number of carbonyl (C=O) groups excluding carboxylic acids is 1. The third-order valence-corrected chi connectivity index (χ3v) is 5.88. The molecule has 0 spiro atoms. The van der Waals surface area contributed by atoms with E-state index < -0.39 is 9.84 Å². The third-order valence-electron chi connectivity index (χ3n) is 4.13. The van der Waals surface area contributed by atoms with Gasteiger partial charge in [0.2, 0.25) is 0 Å². The summed E-state index contributed by atoms with van der Waals surface area (Å²) in [4.78, 5) is 14.4. The largest absolute Gasteiger partial charge is 0.497 e. The maximum absolute atomic E-state index is 12.8. The normalized spacial score (nSPS) is 19.1. The van der Waals surface area contributed by atoms with Gasteiger partial charge in [-0.05, 0) is 36.2 Å². The minimum Gasteiger partial charge on any atom is -0.497 e. The molecule has 128 valence electrons. The van der Waals surface area contributed by atoms with Crippen molar-refractivity contribution in [3.63, 3.8) is 0 Å². The number of ether oxygens (including phenoxy) is 1. The van der Waals surface area contributed by atoms with Crippen molar-refractivity contribution in [2.24, 2.45) is 0 Å². The predicted octanol–water partition coefficient (Wildman–Crippen LogP) is 2.12. The standard InChI is InChI=1S/C17H19NO5S/c1-22-15-5-2-4-13(10-15)11-18(14-7-9-24(20,21)12-14)17(19)16-6-3-8-23-16/h2-6,8,10,14H,7,9,11-12H2,1H3/t14-/m0/s1. The van der Waals surface area contributed by atoms with Gasteiger partial charge in [0.05, 0.1) is 24.9 Å². The Morgan fingerprint density at radius 3 is 2.79 bits per heavy atom. The van der Waals surface area contributed by atoms with Crippen molar-refractivity contribution in [3.8, 4) is 5.75 Å². The highest BCUT2D eigenvalue weighted by atomic mass is 32.2. The van der Waals surface area contributed by atoms with Gasteiger partial charge in [0, 0.05) is 12.6 Å². The summed E-state index contributed by atoms with van der Waals surface area (Å²) in [7, 11) is -1.52. The molecule has 1 aliphatic rings. The number of benzene rings is 1. The van der Waals surface area contributed by atoms with E-state index in [0.29, 0.717) is 18.7 Å². The molecular formula is C17H19NO5S. The van der Waals surface area contributed by atoms with E-state index in [-0.39, 0.29) is 29.2 Å². The second kappa shape index (κ2) is 6.68. The summed E-state index contributed by atoms with van der Waals surface area (Å²) < 4.78 is 34.1. The zero-order valence-electron chi connectivity index (χ0n) is 13.3. The van der Waals surface area contributed by atoms with Crippen molar-refractivity contribution < 1.29 is 22.4 Å². The smallest absolute Gasteiger partial charge is 0.290 e. The van der Waals surface area contributed by atoms with Gasteiger partial charge in [0.15, 0.2) is 15.6 Å². The third kappa shape index (κ3) is 3.62. The number of sulfone groups is 1. The zero-order valence-corrected chi connectivity index (χ0v) is 14.2. The summed E-state index contributed by atoms with van der Waals surface area (Å²) in [6, 6.07) is 10.3. The highest BCUT2D eigenvalue weighted by Gasteiger charge is 2.35. The fourth-order valence-electron chi connectivity index (χ4n) is 2.90. The molecule has 0 unspecified atom stereocenters. The molecule has 1 aliphatic heterocycles. The summed E-state index contributed by atoms with van der Waals surface area (Å²) in [6.07, 6.45) is 1.88. The first-order valence-corrected chi connectivity index (χ1v) is 9.48. The Morgan fingerprint density at radius 2 is 2.17 bits per heavy atom. The van der Waals surface area contributed by atoms with E-state index in [0.717, 1.165) is 5.56 Å². The van der Waals surface area contributed by atoms with E-state index in [1.165, 1.54) is 6.26 Å². The van der Waals surface area contributed by atoms with Crippen molar-refractivity contribution in [2.45, 2.75) is 19.0 Å². The van der Waals surface area contributed by atoms with Crippen molar-refractivity contribution in [1.29, 1.82) is 0 Å². The minimum atomic E-state index is -3.10. The molecule has 1 fully saturated rings. The van der Waals surface area contributed by atoms with Gasteiger partial charge in [0.25, 0.3) is 5.91 Å². The molecule has 1 aromatic heterocycles. The van der Waals surface area contributed by atoms with Crippen LogP contribution in [0.2, 0.25) is 0 Å². The fourth-order valence-corrected chi connectivity index (χ4v) is 4.63. The zero-order chi connectivity index (χ0) is 17.2. The number of carbonyl (C=O) groups is 1. The van der Waals surface area contributed by atoms with Gasteiger partial charge < -0.3 is 14.1 Å². The summed E-state index contributed by atoms with van der Waals surface area (Å²) in [6.45, 7) is 0.302. The molecule has 0 bridgehead atoms. The quantitative estimate of drug-likeness (QED) is 0.826. The number of hydrogen-bond acceptors (Lipinski definition) is 5. The van der Waals surface area contributed by atoms with Crippen LogP contribution in [-0.2, 0) is 16.4 Å². The minimum absolute atomic E-state index is 0.0105. The second-order valence-electron chi connectivity index (χ2n) is 5.82. The van der Waals surface area contributed by atoms with Crippen LogP contribution in [0.1, 0.15) is 22.5 Å². The summed E-state index contributed by atoms with van der Waals surface area (Å²) >= 11 is 0. The highest BCUT2D eigenvalue weighted by Crippen LogP contribution is 2.23. The topological polar surface area (TPSA) is 76.8 Å². The molecule has 0 N–H and O–H groups in total.